The molecular formula is C16H26N2. The van der Waals surface area contributed by atoms with Crippen LogP contribution in [0, 0.1) is 0 Å². The normalized spacial score (nSPS) is 24.7. The predicted octanol–water partition coefficient (Wildman–Crippen LogP) is 3.34. The monoisotopic (exact) mass is 246 g/mol. The zero-order valence-electron chi connectivity index (χ0n) is 11.7. The van der Waals surface area contributed by atoms with Crippen LogP contribution in [-0.4, -0.2) is 23.5 Å². The van der Waals surface area contributed by atoms with Gasteiger partial charge in [0.1, 0.15) is 0 Å². The maximum atomic E-state index is 6.27. The van der Waals surface area contributed by atoms with E-state index in [0.29, 0.717) is 12.1 Å². The van der Waals surface area contributed by atoms with Gasteiger partial charge in [0, 0.05) is 18.1 Å². The number of rotatable bonds is 4. The molecule has 1 aromatic carbocycles. The molecule has 2 heteroatoms. The van der Waals surface area contributed by atoms with E-state index in [1.54, 1.807) is 0 Å². The minimum absolute atomic E-state index is 0.180. The van der Waals surface area contributed by atoms with Gasteiger partial charge in [-0.2, -0.15) is 0 Å². The number of hydrogen-bond acceptors (Lipinski definition) is 2. The van der Waals surface area contributed by atoms with Crippen LogP contribution in [0.15, 0.2) is 30.3 Å². The Morgan fingerprint density at radius 2 is 2.00 bits per heavy atom. The molecule has 0 spiro atoms. The summed E-state index contributed by atoms with van der Waals surface area (Å²) in [7, 11) is 0. The fourth-order valence-electron chi connectivity index (χ4n) is 3.27. The highest BCUT2D eigenvalue weighted by atomic mass is 15.2. The van der Waals surface area contributed by atoms with Crippen molar-refractivity contribution in [3.05, 3.63) is 35.9 Å². The first-order chi connectivity index (χ1) is 8.74. The van der Waals surface area contributed by atoms with Crippen LogP contribution in [0.2, 0.25) is 0 Å². The molecule has 18 heavy (non-hydrogen) atoms. The highest BCUT2D eigenvalue weighted by Crippen LogP contribution is 2.31. The number of nitrogens with two attached hydrogens (primary N) is 1. The number of piperidine rings is 1. The van der Waals surface area contributed by atoms with Crippen molar-refractivity contribution >= 4 is 0 Å². The lowest BCUT2D eigenvalue weighted by Crippen LogP contribution is -2.47. The fraction of sp³-hybridized carbons (Fsp3) is 0.625. The summed E-state index contributed by atoms with van der Waals surface area (Å²) in [4.78, 5) is 2.64. The summed E-state index contributed by atoms with van der Waals surface area (Å²) in [6.45, 7) is 5.63. The van der Waals surface area contributed by atoms with Gasteiger partial charge in [-0.1, -0.05) is 43.7 Å². The van der Waals surface area contributed by atoms with Gasteiger partial charge in [-0.25, -0.2) is 0 Å². The molecule has 0 saturated carbocycles. The molecule has 100 valence electrons. The highest BCUT2D eigenvalue weighted by Gasteiger charge is 2.30. The standard InChI is InChI=1S/C16H26N2/c1-3-15-11-7-8-12-18(15)16(13(2)17)14-9-5-4-6-10-14/h4-6,9-10,13,15-16H,3,7-8,11-12,17H2,1-2H3. The third kappa shape index (κ3) is 2.93. The van der Waals surface area contributed by atoms with E-state index >= 15 is 0 Å². The van der Waals surface area contributed by atoms with Crippen molar-refractivity contribution in [2.75, 3.05) is 6.54 Å². The zero-order valence-corrected chi connectivity index (χ0v) is 11.7. The molecule has 0 aliphatic carbocycles. The summed E-state index contributed by atoms with van der Waals surface area (Å²) in [5.41, 5.74) is 7.64. The third-order valence-electron chi connectivity index (χ3n) is 4.14. The Kier molecular flexibility index (Phi) is 4.79. The van der Waals surface area contributed by atoms with E-state index < -0.39 is 0 Å². The lowest BCUT2D eigenvalue weighted by molar-refractivity contribution is 0.0797. The fourth-order valence-corrected chi connectivity index (χ4v) is 3.27. The van der Waals surface area contributed by atoms with Gasteiger partial charge in [0.2, 0.25) is 0 Å². The van der Waals surface area contributed by atoms with Crippen LogP contribution >= 0.6 is 0 Å². The third-order valence-corrected chi connectivity index (χ3v) is 4.14. The predicted molar refractivity (Wildman–Crippen MR) is 77.5 cm³/mol. The lowest BCUT2D eigenvalue weighted by Gasteiger charge is -2.43. The first kappa shape index (κ1) is 13.6. The van der Waals surface area contributed by atoms with E-state index in [4.69, 9.17) is 5.73 Å². The van der Waals surface area contributed by atoms with Crippen molar-refractivity contribution < 1.29 is 0 Å². The molecule has 0 bridgehead atoms. The molecule has 2 rings (SSSR count). The van der Waals surface area contributed by atoms with E-state index in [2.05, 4.69) is 49.1 Å². The number of likely N-dealkylation sites (tertiary alicyclic amines) is 1. The average Bonchev–Trinajstić information content (AvgIpc) is 2.40. The Hall–Kier alpha value is -0.860. The van der Waals surface area contributed by atoms with Crippen molar-refractivity contribution in [3.8, 4) is 0 Å². The molecule has 0 radical (unpaired) electrons. The van der Waals surface area contributed by atoms with Crippen LogP contribution in [0.1, 0.15) is 51.1 Å². The zero-order chi connectivity index (χ0) is 13.0. The van der Waals surface area contributed by atoms with Gasteiger partial charge < -0.3 is 5.73 Å². The van der Waals surface area contributed by atoms with Crippen LogP contribution in [-0.2, 0) is 0 Å². The summed E-state index contributed by atoms with van der Waals surface area (Å²) < 4.78 is 0. The molecule has 1 fully saturated rings. The summed E-state index contributed by atoms with van der Waals surface area (Å²) in [6, 6.07) is 12.0. The lowest BCUT2D eigenvalue weighted by atomic mass is 9.92. The second-order valence-electron chi connectivity index (χ2n) is 5.51. The van der Waals surface area contributed by atoms with Crippen molar-refractivity contribution in [2.45, 2.75) is 57.7 Å². The molecular weight excluding hydrogens is 220 g/mol. The highest BCUT2D eigenvalue weighted by molar-refractivity contribution is 5.21. The van der Waals surface area contributed by atoms with Gasteiger partial charge >= 0.3 is 0 Å². The van der Waals surface area contributed by atoms with Crippen LogP contribution in [0.3, 0.4) is 0 Å². The average molecular weight is 246 g/mol. The van der Waals surface area contributed by atoms with Gasteiger partial charge in [-0.3, -0.25) is 4.90 Å². The van der Waals surface area contributed by atoms with E-state index in [-0.39, 0.29) is 6.04 Å². The molecule has 2 nitrogen and oxygen atoms in total. The van der Waals surface area contributed by atoms with Gasteiger partial charge in [0.25, 0.3) is 0 Å². The topological polar surface area (TPSA) is 29.3 Å². The second-order valence-corrected chi connectivity index (χ2v) is 5.51. The summed E-state index contributed by atoms with van der Waals surface area (Å²) in [6.07, 6.45) is 5.24. The van der Waals surface area contributed by atoms with Crippen LogP contribution < -0.4 is 5.73 Å². The summed E-state index contributed by atoms with van der Waals surface area (Å²) in [5.74, 6) is 0. The van der Waals surface area contributed by atoms with E-state index in [9.17, 15) is 0 Å². The molecule has 0 amide bonds. The Balaban J connectivity index is 2.24. The van der Waals surface area contributed by atoms with Gasteiger partial charge in [-0.15, -0.1) is 0 Å². The number of hydrogen-bond donors (Lipinski definition) is 1. The molecule has 3 unspecified atom stereocenters. The minimum Gasteiger partial charge on any atom is -0.326 e. The molecule has 1 aliphatic rings. The van der Waals surface area contributed by atoms with Gasteiger partial charge in [0.05, 0.1) is 0 Å². The summed E-state index contributed by atoms with van der Waals surface area (Å²) >= 11 is 0. The summed E-state index contributed by atoms with van der Waals surface area (Å²) in [5, 5.41) is 0. The SMILES string of the molecule is CCC1CCCCN1C(c1ccccc1)C(C)N. The maximum Gasteiger partial charge on any atom is 0.0499 e. The smallest absolute Gasteiger partial charge is 0.0499 e. The molecule has 0 aromatic heterocycles. The quantitative estimate of drug-likeness (QED) is 0.883. The molecule has 1 heterocycles. The Morgan fingerprint density at radius 3 is 2.61 bits per heavy atom. The molecule has 1 saturated heterocycles. The van der Waals surface area contributed by atoms with Crippen LogP contribution in [0.4, 0.5) is 0 Å². The first-order valence-corrected chi connectivity index (χ1v) is 7.30. The number of nitrogens with zero attached hydrogens (tertiary/aromatic N) is 1. The van der Waals surface area contributed by atoms with Crippen LogP contribution in [0.25, 0.3) is 0 Å². The molecule has 3 atom stereocenters. The molecule has 1 aromatic rings. The van der Waals surface area contributed by atoms with E-state index in [1.807, 2.05) is 0 Å². The van der Waals surface area contributed by atoms with Crippen molar-refractivity contribution in [1.29, 1.82) is 0 Å². The largest absolute Gasteiger partial charge is 0.326 e. The maximum absolute atomic E-state index is 6.27. The first-order valence-electron chi connectivity index (χ1n) is 7.30. The van der Waals surface area contributed by atoms with Crippen LogP contribution in [0.5, 0.6) is 0 Å². The van der Waals surface area contributed by atoms with E-state index in [1.165, 1.54) is 37.8 Å². The Bertz CT molecular complexity index is 347. The second kappa shape index (κ2) is 6.35. The Labute approximate surface area is 111 Å². The van der Waals surface area contributed by atoms with Gasteiger partial charge in [0.15, 0.2) is 0 Å². The molecule has 1 aliphatic heterocycles. The van der Waals surface area contributed by atoms with E-state index in [0.717, 1.165) is 0 Å². The van der Waals surface area contributed by atoms with Crippen molar-refractivity contribution in [2.24, 2.45) is 5.73 Å². The van der Waals surface area contributed by atoms with Crippen molar-refractivity contribution in [1.82, 2.24) is 4.90 Å². The van der Waals surface area contributed by atoms with Gasteiger partial charge in [-0.05, 0) is 38.3 Å². The minimum atomic E-state index is 0.180. The number of benzene rings is 1. The molecule has 2 N–H and O–H groups in total. The Morgan fingerprint density at radius 1 is 1.28 bits per heavy atom. The van der Waals surface area contributed by atoms with Crippen molar-refractivity contribution in [3.63, 3.8) is 0 Å².